The Balaban J connectivity index is 1.42. The van der Waals surface area contributed by atoms with Crippen molar-refractivity contribution in [1.29, 1.82) is 0 Å². The van der Waals surface area contributed by atoms with Gasteiger partial charge in [0.15, 0.2) is 0 Å². The Kier molecular flexibility index (Phi) is 6.70. The Labute approximate surface area is 195 Å². The molecule has 6 nitrogen and oxygen atoms in total. The van der Waals surface area contributed by atoms with Crippen molar-refractivity contribution >= 4 is 34.7 Å². The third kappa shape index (κ3) is 5.38. The molecule has 0 aliphatic heterocycles. The first-order chi connectivity index (χ1) is 15.9. The molecule has 0 radical (unpaired) electrons. The van der Waals surface area contributed by atoms with Gasteiger partial charge in [0.2, 0.25) is 5.91 Å². The van der Waals surface area contributed by atoms with E-state index in [2.05, 4.69) is 15.6 Å². The van der Waals surface area contributed by atoms with E-state index in [0.29, 0.717) is 40.7 Å². The number of pyridine rings is 1. The summed E-state index contributed by atoms with van der Waals surface area (Å²) in [5.41, 5.74) is 4.02. The number of hydrogen-bond donors (Lipinski definition) is 2. The van der Waals surface area contributed by atoms with Crippen molar-refractivity contribution in [3.05, 3.63) is 100 Å². The van der Waals surface area contributed by atoms with E-state index in [4.69, 9.17) is 11.6 Å². The van der Waals surface area contributed by atoms with Crippen molar-refractivity contribution in [1.82, 2.24) is 14.7 Å². The lowest BCUT2D eigenvalue weighted by Gasteiger charge is -2.09. The lowest BCUT2D eigenvalue weighted by atomic mass is 10.1. The van der Waals surface area contributed by atoms with Gasteiger partial charge in [0, 0.05) is 18.4 Å². The molecule has 33 heavy (non-hydrogen) atoms. The minimum Gasteiger partial charge on any atom is -0.347 e. The van der Waals surface area contributed by atoms with Crippen molar-refractivity contribution in [3.8, 4) is 0 Å². The van der Waals surface area contributed by atoms with E-state index in [1.165, 1.54) is 24.3 Å². The SMILES string of the molecule is CCc1nc2ccc(Cl)cn2c1C(=O)NCc1cccc(CC(=O)Nc2ccc(F)cc2)c1. The summed E-state index contributed by atoms with van der Waals surface area (Å²) < 4.78 is 14.7. The number of rotatable bonds is 7. The number of benzene rings is 2. The van der Waals surface area contributed by atoms with Crippen LogP contribution in [0.25, 0.3) is 5.65 Å². The van der Waals surface area contributed by atoms with E-state index >= 15 is 0 Å². The third-order valence-corrected chi connectivity index (χ3v) is 5.37. The summed E-state index contributed by atoms with van der Waals surface area (Å²) >= 11 is 6.11. The third-order valence-electron chi connectivity index (χ3n) is 5.14. The van der Waals surface area contributed by atoms with Crippen molar-refractivity contribution < 1.29 is 14.0 Å². The maximum Gasteiger partial charge on any atom is 0.270 e. The number of halogens is 2. The van der Waals surface area contributed by atoms with Gasteiger partial charge in [0.1, 0.15) is 17.2 Å². The molecule has 0 aliphatic carbocycles. The van der Waals surface area contributed by atoms with Gasteiger partial charge in [-0.05, 0) is 53.9 Å². The van der Waals surface area contributed by atoms with Crippen LogP contribution in [-0.2, 0) is 24.2 Å². The predicted molar refractivity (Wildman–Crippen MR) is 126 cm³/mol. The van der Waals surface area contributed by atoms with E-state index in [-0.39, 0.29) is 24.1 Å². The molecule has 2 aromatic carbocycles. The van der Waals surface area contributed by atoms with Gasteiger partial charge in [0.05, 0.1) is 17.1 Å². The van der Waals surface area contributed by atoms with Crippen LogP contribution in [0.5, 0.6) is 0 Å². The summed E-state index contributed by atoms with van der Waals surface area (Å²) in [6.07, 6.45) is 2.45. The van der Waals surface area contributed by atoms with E-state index < -0.39 is 0 Å². The van der Waals surface area contributed by atoms with Crippen molar-refractivity contribution in [2.24, 2.45) is 0 Å². The number of carbonyl (C=O) groups excluding carboxylic acids is 2. The molecule has 168 valence electrons. The van der Waals surface area contributed by atoms with E-state index in [1.807, 2.05) is 31.2 Å². The highest BCUT2D eigenvalue weighted by atomic mass is 35.5. The van der Waals surface area contributed by atoms with Gasteiger partial charge in [-0.2, -0.15) is 0 Å². The minimum atomic E-state index is -0.360. The Morgan fingerprint density at radius 1 is 1.06 bits per heavy atom. The van der Waals surface area contributed by atoms with Crippen LogP contribution in [0.15, 0.2) is 66.9 Å². The minimum absolute atomic E-state index is 0.158. The zero-order chi connectivity index (χ0) is 23.4. The summed E-state index contributed by atoms with van der Waals surface area (Å²) in [5, 5.41) is 6.20. The molecular formula is C25H22ClFN4O2. The Bertz CT molecular complexity index is 1320. The van der Waals surface area contributed by atoms with Crippen molar-refractivity contribution in [3.63, 3.8) is 0 Å². The summed E-state index contributed by atoms with van der Waals surface area (Å²) in [7, 11) is 0. The average molecular weight is 465 g/mol. The second-order valence-electron chi connectivity index (χ2n) is 7.57. The summed E-state index contributed by atoms with van der Waals surface area (Å²) in [5.74, 6) is -0.820. The number of aryl methyl sites for hydroxylation is 1. The second kappa shape index (κ2) is 9.83. The van der Waals surface area contributed by atoms with Gasteiger partial charge >= 0.3 is 0 Å². The van der Waals surface area contributed by atoms with Crippen molar-refractivity contribution in [2.75, 3.05) is 5.32 Å². The first kappa shape index (κ1) is 22.5. The maximum atomic E-state index is 13.0. The molecule has 4 rings (SSSR count). The Morgan fingerprint density at radius 3 is 2.58 bits per heavy atom. The van der Waals surface area contributed by atoms with Crippen LogP contribution in [0.4, 0.5) is 10.1 Å². The number of amides is 2. The average Bonchev–Trinajstić information content (AvgIpc) is 3.17. The van der Waals surface area contributed by atoms with E-state index in [0.717, 1.165) is 11.1 Å². The number of anilines is 1. The number of carbonyl (C=O) groups is 2. The van der Waals surface area contributed by atoms with Crippen LogP contribution in [-0.4, -0.2) is 21.2 Å². The van der Waals surface area contributed by atoms with E-state index in [1.54, 1.807) is 22.7 Å². The molecular weight excluding hydrogens is 443 g/mol. The Morgan fingerprint density at radius 2 is 1.82 bits per heavy atom. The van der Waals surface area contributed by atoms with Gasteiger partial charge < -0.3 is 10.6 Å². The van der Waals surface area contributed by atoms with Gasteiger partial charge in [-0.15, -0.1) is 0 Å². The summed E-state index contributed by atoms with van der Waals surface area (Å²) in [6.45, 7) is 2.24. The van der Waals surface area contributed by atoms with Gasteiger partial charge in [0.25, 0.3) is 5.91 Å². The van der Waals surface area contributed by atoms with Crippen LogP contribution in [0.3, 0.4) is 0 Å². The van der Waals surface area contributed by atoms with Crippen LogP contribution in [0.2, 0.25) is 5.02 Å². The molecule has 0 unspecified atom stereocenters. The number of nitrogens with zero attached hydrogens (tertiary/aromatic N) is 2. The zero-order valence-corrected chi connectivity index (χ0v) is 18.7. The van der Waals surface area contributed by atoms with E-state index in [9.17, 15) is 14.0 Å². The maximum absolute atomic E-state index is 13.0. The standard InChI is InChI=1S/C25H22ClFN4O2/c1-2-21-24(31-15-18(26)6-11-22(31)30-21)25(33)28-14-17-5-3-4-16(12-17)13-23(32)29-20-9-7-19(27)8-10-20/h3-12,15H,2,13-14H2,1H3,(H,28,33)(H,29,32). The molecule has 8 heteroatoms. The molecule has 2 N–H and O–H groups in total. The fraction of sp³-hybridized carbons (Fsp3) is 0.160. The number of imidazole rings is 1. The monoisotopic (exact) mass is 464 g/mol. The number of hydrogen-bond acceptors (Lipinski definition) is 3. The van der Waals surface area contributed by atoms with Gasteiger partial charge in [-0.1, -0.05) is 42.8 Å². The summed E-state index contributed by atoms with van der Waals surface area (Å²) in [4.78, 5) is 29.8. The molecule has 2 aromatic heterocycles. The highest BCUT2D eigenvalue weighted by Gasteiger charge is 2.18. The number of aromatic nitrogens is 2. The lowest BCUT2D eigenvalue weighted by molar-refractivity contribution is -0.115. The Hall–Kier alpha value is -3.71. The first-order valence-corrected chi connectivity index (χ1v) is 10.9. The molecule has 0 bridgehead atoms. The molecule has 4 aromatic rings. The van der Waals surface area contributed by atoms with Crippen LogP contribution in [0.1, 0.15) is 34.2 Å². The largest absolute Gasteiger partial charge is 0.347 e. The molecule has 2 amide bonds. The topological polar surface area (TPSA) is 75.5 Å². The molecule has 0 saturated heterocycles. The fourth-order valence-electron chi connectivity index (χ4n) is 3.59. The second-order valence-corrected chi connectivity index (χ2v) is 8.01. The highest BCUT2D eigenvalue weighted by molar-refractivity contribution is 6.30. The molecule has 0 spiro atoms. The molecule has 0 saturated carbocycles. The fourth-order valence-corrected chi connectivity index (χ4v) is 3.75. The summed E-state index contributed by atoms with van der Waals surface area (Å²) in [6, 6.07) is 16.6. The van der Waals surface area contributed by atoms with Crippen LogP contribution < -0.4 is 10.6 Å². The van der Waals surface area contributed by atoms with Gasteiger partial charge in [-0.25, -0.2) is 9.37 Å². The van der Waals surface area contributed by atoms with Crippen LogP contribution >= 0.6 is 11.6 Å². The van der Waals surface area contributed by atoms with Crippen LogP contribution in [0, 0.1) is 5.82 Å². The zero-order valence-electron chi connectivity index (χ0n) is 17.9. The van der Waals surface area contributed by atoms with Crippen molar-refractivity contribution in [2.45, 2.75) is 26.3 Å². The molecule has 2 heterocycles. The molecule has 0 atom stereocenters. The smallest absolute Gasteiger partial charge is 0.270 e. The number of fused-ring (bicyclic) bond motifs is 1. The quantitative estimate of drug-likeness (QED) is 0.412. The normalized spacial score (nSPS) is 10.9. The number of nitrogens with one attached hydrogen (secondary N) is 2. The first-order valence-electron chi connectivity index (χ1n) is 10.5. The molecule has 0 aliphatic rings. The van der Waals surface area contributed by atoms with Gasteiger partial charge in [-0.3, -0.25) is 14.0 Å². The highest BCUT2D eigenvalue weighted by Crippen LogP contribution is 2.18. The predicted octanol–water partition coefficient (Wildman–Crippen LogP) is 4.80. The lowest BCUT2D eigenvalue weighted by Crippen LogP contribution is -2.25. The molecule has 0 fully saturated rings.